The van der Waals surface area contributed by atoms with Gasteiger partial charge in [0, 0.05) is 18.7 Å². The summed E-state index contributed by atoms with van der Waals surface area (Å²) in [6.07, 6.45) is 0. The van der Waals surface area contributed by atoms with Crippen LogP contribution in [-0.2, 0) is 6.54 Å². The third-order valence-electron chi connectivity index (χ3n) is 3.66. The van der Waals surface area contributed by atoms with E-state index < -0.39 is 11.6 Å². The standard InChI is InChI=1S/C19H18F2N4O/c1-12-23-18(22-11-13-3-6-15(26-2)7-4-13)10-19(24-12)25-17-8-5-14(20)9-16(17)21/h3-10H,11H2,1-2H3,(H2,22,23,24,25). The van der Waals surface area contributed by atoms with Gasteiger partial charge in [0.1, 0.15) is 34.8 Å². The van der Waals surface area contributed by atoms with Crippen LogP contribution < -0.4 is 15.4 Å². The molecule has 1 heterocycles. The van der Waals surface area contributed by atoms with E-state index in [2.05, 4.69) is 20.6 Å². The van der Waals surface area contributed by atoms with Gasteiger partial charge in [0.25, 0.3) is 0 Å². The van der Waals surface area contributed by atoms with Crippen LogP contribution in [-0.4, -0.2) is 17.1 Å². The van der Waals surface area contributed by atoms with Gasteiger partial charge in [-0.2, -0.15) is 0 Å². The molecule has 134 valence electrons. The average Bonchev–Trinajstić information content (AvgIpc) is 2.62. The maximum atomic E-state index is 13.8. The quantitative estimate of drug-likeness (QED) is 0.684. The minimum atomic E-state index is -0.686. The molecule has 0 amide bonds. The number of halogens is 2. The molecule has 0 spiro atoms. The summed E-state index contributed by atoms with van der Waals surface area (Å²) in [6.45, 7) is 2.30. The van der Waals surface area contributed by atoms with E-state index in [1.807, 2.05) is 24.3 Å². The smallest absolute Gasteiger partial charge is 0.149 e. The predicted octanol–water partition coefficient (Wildman–Crippen LogP) is 4.43. The molecule has 0 unspecified atom stereocenters. The number of anilines is 3. The average molecular weight is 356 g/mol. The van der Waals surface area contributed by atoms with Crippen LogP contribution in [0.3, 0.4) is 0 Å². The number of ether oxygens (including phenoxy) is 1. The van der Waals surface area contributed by atoms with Crippen LogP contribution in [0.25, 0.3) is 0 Å². The second-order valence-electron chi connectivity index (χ2n) is 5.64. The maximum Gasteiger partial charge on any atom is 0.149 e. The topological polar surface area (TPSA) is 59.1 Å². The Morgan fingerprint density at radius 1 is 0.962 bits per heavy atom. The van der Waals surface area contributed by atoms with E-state index in [9.17, 15) is 8.78 Å². The molecule has 0 saturated heterocycles. The summed E-state index contributed by atoms with van der Waals surface area (Å²) in [5.74, 6) is 1.01. The van der Waals surface area contributed by atoms with Gasteiger partial charge in [-0.1, -0.05) is 12.1 Å². The third-order valence-corrected chi connectivity index (χ3v) is 3.66. The third kappa shape index (κ3) is 4.44. The second kappa shape index (κ2) is 7.77. The second-order valence-corrected chi connectivity index (χ2v) is 5.64. The van der Waals surface area contributed by atoms with Gasteiger partial charge < -0.3 is 15.4 Å². The first kappa shape index (κ1) is 17.6. The molecule has 3 rings (SSSR count). The van der Waals surface area contributed by atoms with Gasteiger partial charge in [-0.15, -0.1) is 0 Å². The van der Waals surface area contributed by atoms with Gasteiger partial charge in [-0.25, -0.2) is 18.7 Å². The first-order valence-electron chi connectivity index (χ1n) is 7.98. The van der Waals surface area contributed by atoms with Crippen molar-refractivity contribution < 1.29 is 13.5 Å². The Morgan fingerprint density at radius 2 is 1.69 bits per heavy atom. The molecule has 1 aromatic heterocycles. The van der Waals surface area contributed by atoms with E-state index in [0.717, 1.165) is 17.4 Å². The zero-order valence-corrected chi connectivity index (χ0v) is 14.4. The Bertz CT molecular complexity index is 901. The van der Waals surface area contributed by atoms with Crippen LogP contribution in [0.1, 0.15) is 11.4 Å². The van der Waals surface area contributed by atoms with Gasteiger partial charge in [0.05, 0.1) is 12.8 Å². The summed E-state index contributed by atoms with van der Waals surface area (Å²) >= 11 is 0. The van der Waals surface area contributed by atoms with Crippen LogP contribution >= 0.6 is 0 Å². The largest absolute Gasteiger partial charge is 0.497 e. The summed E-state index contributed by atoms with van der Waals surface area (Å²) in [4.78, 5) is 8.55. The Morgan fingerprint density at radius 3 is 2.38 bits per heavy atom. The molecule has 0 aliphatic heterocycles. The number of rotatable bonds is 6. The lowest BCUT2D eigenvalue weighted by molar-refractivity contribution is 0.414. The highest BCUT2D eigenvalue weighted by atomic mass is 19.1. The van der Waals surface area contributed by atoms with E-state index in [4.69, 9.17) is 4.74 Å². The molecule has 7 heteroatoms. The van der Waals surface area contributed by atoms with E-state index in [0.29, 0.717) is 24.0 Å². The minimum Gasteiger partial charge on any atom is -0.497 e. The van der Waals surface area contributed by atoms with Crippen LogP contribution in [0, 0.1) is 18.6 Å². The fraction of sp³-hybridized carbons (Fsp3) is 0.158. The Balaban J connectivity index is 1.72. The fourth-order valence-corrected chi connectivity index (χ4v) is 2.39. The molecule has 0 fully saturated rings. The molecule has 0 aliphatic rings. The fourth-order valence-electron chi connectivity index (χ4n) is 2.39. The van der Waals surface area contributed by atoms with Crippen molar-refractivity contribution in [2.75, 3.05) is 17.7 Å². The first-order valence-corrected chi connectivity index (χ1v) is 7.98. The van der Waals surface area contributed by atoms with Crippen LogP contribution in [0.2, 0.25) is 0 Å². The lowest BCUT2D eigenvalue weighted by Crippen LogP contribution is -2.05. The molecule has 2 N–H and O–H groups in total. The Kier molecular flexibility index (Phi) is 5.26. The molecular weight excluding hydrogens is 338 g/mol. The molecule has 3 aromatic rings. The van der Waals surface area contributed by atoms with Gasteiger partial charge >= 0.3 is 0 Å². The number of aryl methyl sites for hydroxylation is 1. The van der Waals surface area contributed by atoms with Crippen molar-refractivity contribution in [1.29, 1.82) is 0 Å². The zero-order chi connectivity index (χ0) is 18.5. The summed E-state index contributed by atoms with van der Waals surface area (Å²) in [5.41, 5.74) is 1.20. The summed E-state index contributed by atoms with van der Waals surface area (Å²) < 4.78 is 31.9. The van der Waals surface area contributed by atoms with Crippen molar-refractivity contribution in [1.82, 2.24) is 9.97 Å². The van der Waals surface area contributed by atoms with E-state index in [-0.39, 0.29) is 5.69 Å². The number of aromatic nitrogens is 2. The van der Waals surface area contributed by atoms with Crippen molar-refractivity contribution in [2.24, 2.45) is 0 Å². The summed E-state index contributed by atoms with van der Waals surface area (Å²) in [5, 5.41) is 6.05. The molecule has 0 atom stereocenters. The van der Waals surface area contributed by atoms with Crippen molar-refractivity contribution >= 4 is 17.3 Å². The molecule has 0 saturated carbocycles. The van der Waals surface area contributed by atoms with E-state index >= 15 is 0 Å². The maximum absolute atomic E-state index is 13.8. The van der Waals surface area contributed by atoms with Crippen molar-refractivity contribution in [3.8, 4) is 5.75 Å². The van der Waals surface area contributed by atoms with Crippen molar-refractivity contribution in [2.45, 2.75) is 13.5 Å². The molecule has 0 radical (unpaired) electrons. The number of nitrogens with zero attached hydrogens (tertiary/aromatic N) is 2. The SMILES string of the molecule is COc1ccc(CNc2cc(Nc3ccc(F)cc3F)nc(C)n2)cc1. The van der Waals surface area contributed by atoms with Crippen molar-refractivity contribution in [3.63, 3.8) is 0 Å². The van der Waals surface area contributed by atoms with Gasteiger partial charge in [0.15, 0.2) is 0 Å². The first-order chi connectivity index (χ1) is 12.5. The highest BCUT2D eigenvalue weighted by molar-refractivity contribution is 5.59. The van der Waals surface area contributed by atoms with Crippen LogP contribution in [0.4, 0.5) is 26.1 Å². The van der Waals surface area contributed by atoms with Gasteiger partial charge in [-0.05, 0) is 36.8 Å². The molecule has 26 heavy (non-hydrogen) atoms. The highest BCUT2D eigenvalue weighted by Gasteiger charge is 2.07. The molecule has 0 aliphatic carbocycles. The van der Waals surface area contributed by atoms with E-state index in [1.54, 1.807) is 20.1 Å². The number of hydrogen-bond acceptors (Lipinski definition) is 5. The number of hydrogen-bond donors (Lipinski definition) is 2. The van der Waals surface area contributed by atoms with Crippen LogP contribution in [0.5, 0.6) is 5.75 Å². The number of methoxy groups -OCH3 is 1. The van der Waals surface area contributed by atoms with Gasteiger partial charge in [-0.3, -0.25) is 0 Å². The summed E-state index contributed by atoms with van der Waals surface area (Å²) in [6, 6.07) is 12.7. The molecule has 2 aromatic carbocycles. The zero-order valence-electron chi connectivity index (χ0n) is 14.4. The Hall–Kier alpha value is -3.22. The number of nitrogens with one attached hydrogen (secondary N) is 2. The monoisotopic (exact) mass is 356 g/mol. The van der Waals surface area contributed by atoms with Crippen molar-refractivity contribution in [3.05, 3.63) is 71.6 Å². The summed E-state index contributed by atoms with van der Waals surface area (Å²) in [7, 11) is 1.62. The van der Waals surface area contributed by atoms with Crippen LogP contribution in [0.15, 0.2) is 48.5 Å². The molecule has 5 nitrogen and oxygen atoms in total. The van der Waals surface area contributed by atoms with E-state index in [1.165, 1.54) is 12.1 Å². The lowest BCUT2D eigenvalue weighted by atomic mass is 10.2. The Labute approximate surface area is 150 Å². The molecule has 0 bridgehead atoms. The minimum absolute atomic E-state index is 0.144. The highest BCUT2D eigenvalue weighted by Crippen LogP contribution is 2.21. The lowest BCUT2D eigenvalue weighted by Gasteiger charge is -2.11. The number of benzene rings is 2. The predicted molar refractivity (Wildman–Crippen MR) is 96.7 cm³/mol. The molecular formula is C19H18F2N4O. The van der Waals surface area contributed by atoms with Gasteiger partial charge in [0.2, 0.25) is 0 Å². The normalized spacial score (nSPS) is 10.5.